The van der Waals surface area contributed by atoms with Crippen LogP contribution in [0.5, 0.6) is 0 Å². The van der Waals surface area contributed by atoms with Crippen LogP contribution < -0.4 is 16.4 Å². The van der Waals surface area contributed by atoms with Gasteiger partial charge in [0.1, 0.15) is 11.7 Å². The van der Waals surface area contributed by atoms with E-state index in [9.17, 15) is 9.18 Å². The van der Waals surface area contributed by atoms with Crippen molar-refractivity contribution >= 4 is 28.2 Å². The second-order valence-corrected chi connectivity index (χ2v) is 4.95. The molecule has 2 heterocycles. The zero-order valence-corrected chi connectivity index (χ0v) is 10.8. The predicted molar refractivity (Wildman–Crippen MR) is 75.7 cm³/mol. The Hall–Kier alpha value is -2.37. The number of aromatic nitrogens is 1. The van der Waals surface area contributed by atoms with E-state index in [0.29, 0.717) is 35.2 Å². The van der Waals surface area contributed by atoms with Crippen LogP contribution in [-0.2, 0) is 4.79 Å². The van der Waals surface area contributed by atoms with Gasteiger partial charge in [0.25, 0.3) is 0 Å². The highest BCUT2D eigenvalue weighted by molar-refractivity contribution is 6.00. The number of nitrogens with two attached hydrogens (primary N) is 2. The zero-order chi connectivity index (χ0) is 14.3. The van der Waals surface area contributed by atoms with E-state index in [0.717, 1.165) is 6.42 Å². The van der Waals surface area contributed by atoms with Crippen LogP contribution >= 0.6 is 0 Å². The largest absolute Gasteiger partial charge is 0.398 e. The Bertz CT molecular complexity index is 688. The Morgan fingerprint density at radius 1 is 1.50 bits per heavy atom. The van der Waals surface area contributed by atoms with Gasteiger partial charge in [0, 0.05) is 23.8 Å². The molecule has 1 fully saturated rings. The number of benzene rings is 1. The summed E-state index contributed by atoms with van der Waals surface area (Å²) in [6, 6.07) is 4.32. The normalized spacial score (nSPS) is 18.6. The standard InChI is InChI=1S/C14H15FN4O/c15-9-7-10(16)8-3-1-5-18-12(8)13(9)19-6-2-4-11(19)14(17)20/h1,3,5,7,11H,2,4,6,16H2,(H2,17,20). The van der Waals surface area contributed by atoms with Crippen LogP contribution in [-0.4, -0.2) is 23.5 Å². The lowest BCUT2D eigenvalue weighted by Gasteiger charge is -2.26. The Labute approximate surface area is 115 Å². The van der Waals surface area contributed by atoms with E-state index >= 15 is 0 Å². The Kier molecular flexibility index (Phi) is 2.93. The molecule has 104 valence electrons. The summed E-state index contributed by atoms with van der Waals surface area (Å²) in [5.41, 5.74) is 12.4. The van der Waals surface area contributed by atoms with E-state index in [4.69, 9.17) is 11.5 Å². The predicted octanol–water partition coefficient (Wildman–Crippen LogP) is 1.41. The average molecular weight is 274 g/mol. The lowest BCUT2D eigenvalue weighted by molar-refractivity contribution is -0.119. The van der Waals surface area contributed by atoms with E-state index in [2.05, 4.69) is 4.98 Å². The monoisotopic (exact) mass is 274 g/mol. The Balaban J connectivity index is 2.23. The quantitative estimate of drug-likeness (QED) is 0.811. The number of carbonyl (C=O) groups is 1. The molecule has 3 rings (SSSR count). The van der Waals surface area contributed by atoms with Crippen LogP contribution in [0.25, 0.3) is 10.9 Å². The second kappa shape index (κ2) is 4.63. The van der Waals surface area contributed by atoms with Gasteiger partial charge in [0.05, 0.1) is 5.52 Å². The number of rotatable bonds is 2. The fraction of sp³-hybridized carbons (Fsp3) is 0.286. The average Bonchev–Trinajstić information content (AvgIpc) is 2.88. The van der Waals surface area contributed by atoms with Crippen molar-refractivity contribution in [2.45, 2.75) is 18.9 Å². The summed E-state index contributed by atoms with van der Waals surface area (Å²) in [4.78, 5) is 17.4. The number of amides is 1. The molecule has 20 heavy (non-hydrogen) atoms. The molecular formula is C14H15FN4O. The molecule has 4 N–H and O–H groups in total. The van der Waals surface area contributed by atoms with Crippen LogP contribution in [0.3, 0.4) is 0 Å². The molecule has 1 atom stereocenters. The maximum Gasteiger partial charge on any atom is 0.240 e. The van der Waals surface area contributed by atoms with Crippen LogP contribution in [0.1, 0.15) is 12.8 Å². The van der Waals surface area contributed by atoms with Crippen molar-refractivity contribution in [3.05, 3.63) is 30.2 Å². The van der Waals surface area contributed by atoms with Gasteiger partial charge >= 0.3 is 0 Å². The summed E-state index contributed by atoms with van der Waals surface area (Å²) in [6.45, 7) is 0.583. The second-order valence-electron chi connectivity index (χ2n) is 4.95. The first-order valence-corrected chi connectivity index (χ1v) is 6.48. The molecule has 0 spiro atoms. The van der Waals surface area contributed by atoms with E-state index < -0.39 is 17.8 Å². The van der Waals surface area contributed by atoms with Crippen molar-refractivity contribution in [1.29, 1.82) is 0 Å². The minimum Gasteiger partial charge on any atom is -0.398 e. The summed E-state index contributed by atoms with van der Waals surface area (Å²) >= 11 is 0. The SMILES string of the molecule is NC(=O)C1CCCN1c1c(F)cc(N)c2cccnc12. The van der Waals surface area contributed by atoms with Crippen LogP contribution in [0.15, 0.2) is 24.4 Å². The molecule has 6 heteroatoms. The number of pyridine rings is 1. The van der Waals surface area contributed by atoms with Gasteiger partial charge in [-0.1, -0.05) is 0 Å². The summed E-state index contributed by atoms with van der Waals surface area (Å²) in [5, 5.41) is 0.680. The summed E-state index contributed by atoms with van der Waals surface area (Å²) in [7, 11) is 0. The van der Waals surface area contributed by atoms with Crippen LogP contribution in [0.4, 0.5) is 15.8 Å². The topological polar surface area (TPSA) is 85.2 Å². The Morgan fingerprint density at radius 2 is 2.30 bits per heavy atom. The van der Waals surface area contributed by atoms with Gasteiger partial charge < -0.3 is 16.4 Å². The van der Waals surface area contributed by atoms with Gasteiger partial charge in [0.2, 0.25) is 5.91 Å². The lowest BCUT2D eigenvalue weighted by atomic mass is 10.1. The number of carbonyl (C=O) groups excluding carboxylic acids is 1. The molecule has 1 aliphatic rings. The van der Waals surface area contributed by atoms with Gasteiger partial charge in [-0.3, -0.25) is 9.78 Å². The highest BCUT2D eigenvalue weighted by Crippen LogP contribution is 2.36. The van der Waals surface area contributed by atoms with Gasteiger partial charge in [-0.2, -0.15) is 0 Å². The minimum atomic E-state index is -0.488. The van der Waals surface area contributed by atoms with Gasteiger partial charge in [0.15, 0.2) is 5.82 Å². The molecule has 1 aromatic carbocycles. The van der Waals surface area contributed by atoms with Crippen molar-refractivity contribution in [2.75, 3.05) is 17.2 Å². The molecule has 0 aliphatic carbocycles. The summed E-state index contributed by atoms with van der Waals surface area (Å²) < 4.78 is 14.4. The van der Waals surface area contributed by atoms with Crippen LogP contribution in [0.2, 0.25) is 0 Å². The van der Waals surface area contributed by atoms with E-state index in [-0.39, 0.29) is 0 Å². The molecule has 0 radical (unpaired) electrons. The molecule has 0 saturated carbocycles. The number of anilines is 2. The third-order valence-electron chi connectivity index (χ3n) is 3.72. The van der Waals surface area contributed by atoms with Crippen LogP contribution in [0, 0.1) is 5.82 Å². The van der Waals surface area contributed by atoms with Crippen molar-refractivity contribution in [3.8, 4) is 0 Å². The molecule has 1 aliphatic heterocycles. The van der Waals surface area contributed by atoms with E-state index in [1.807, 2.05) is 0 Å². The van der Waals surface area contributed by atoms with E-state index in [1.54, 1.807) is 23.2 Å². The first kappa shape index (κ1) is 12.7. The van der Waals surface area contributed by atoms with Gasteiger partial charge in [-0.25, -0.2) is 4.39 Å². The fourth-order valence-electron chi connectivity index (χ4n) is 2.83. The number of primary amides is 1. The smallest absolute Gasteiger partial charge is 0.240 e. The molecule has 1 unspecified atom stereocenters. The summed E-state index contributed by atoms with van der Waals surface area (Å²) in [6.07, 6.45) is 3.01. The fourth-order valence-corrected chi connectivity index (χ4v) is 2.83. The number of halogens is 1. The van der Waals surface area contributed by atoms with Gasteiger partial charge in [-0.05, 0) is 31.0 Å². The molecular weight excluding hydrogens is 259 g/mol. The Morgan fingerprint density at radius 3 is 3.05 bits per heavy atom. The lowest BCUT2D eigenvalue weighted by Crippen LogP contribution is -2.40. The number of fused-ring (bicyclic) bond motifs is 1. The number of hydrogen-bond acceptors (Lipinski definition) is 4. The first-order valence-electron chi connectivity index (χ1n) is 6.48. The molecule has 2 aromatic rings. The minimum absolute atomic E-state index is 0.316. The molecule has 1 amide bonds. The molecule has 0 bridgehead atoms. The number of hydrogen-bond donors (Lipinski definition) is 2. The third-order valence-corrected chi connectivity index (χ3v) is 3.72. The number of nitrogen functional groups attached to an aromatic ring is 1. The number of nitrogens with zero attached hydrogens (tertiary/aromatic N) is 2. The van der Waals surface area contributed by atoms with Crippen molar-refractivity contribution < 1.29 is 9.18 Å². The molecule has 1 saturated heterocycles. The third kappa shape index (κ3) is 1.84. The molecule has 5 nitrogen and oxygen atoms in total. The van der Waals surface area contributed by atoms with E-state index in [1.165, 1.54) is 6.07 Å². The van der Waals surface area contributed by atoms with Crippen molar-refractivity contribution in [3.63, 3.8) is 0 Å². The first-order chi connectivity index (χ1) is 9.59. The maximum absolute atomic E-state index is 14.4. The molecule has 1 aromatic heterocycles. The highest BCUT2D eigenvalue weighted by atomic mass is 19.1. The van der Waals surface area contributed by atoms with Crippen molar-refractivity contribution in [1.82, 2.24) is 4.98 Å². The highest BCUT2D eigenvalue weighted by Gasteiger charge is 2.32. The van der Waals surface area contributed by atoms with Gasteiger partial charge in [-0.15, -0.1) is 0 Å². The van der Waals surface area contributed by atoms with Crippen molar-refractivity contribution in [2.24, 2.45) is 5.73 Å². The zero-order valence-electron chi connectivity index (χ0n) is 10.8. The summed E-state index contributed by atoms with van der Waals surface area (Å²) in [5.74, 6) is -0.912. The maximum atomic E-state index is 14.4.